The fourth-order valence-corrected chi connectivity index (χ4v) is 3.90. The van der Waals surface area contributed by atoms with Crippen LogP contribution in [0.25, 0.3) is 0 Å². The Balaban J connectivity index is 2.03. The Labute approximate surface area is 117 Å². The van der Waals surface area contributed by atoms with Crippen molar-refractivity contribution in [3.63, 3.8) is 0 Å². The van der Waals surface area contributed by atoms with Crippen LogP contribution in [0.5, 0.6) is 0 Å². The summed E-state index contributed by atoms with van der Waals surface area (Å²) >= 11 is 0. The lowest BCUT2D eigenvalue weighted by atomic mass is 9.78. The molecular weight excluding hydrogens is 260 g/mol. The molecular formula is C15H20O5. The van der Waals surface area contributed by atoms with E-state index in [0.717, 1.165) is 5.57 Å². The van der Waals surface area contributed by atoms with E-state index in [1.165, 1.54) is 0 Å². The zero-order valence-electron chi connectivity index (χ0n) is 11.8. The number of hydrogen-bond donors (Lipinski definition) is 2. The van der Waals surface area contributed by atoms with E-state index in [1.807, 2.05) is 6.08 Å². The van der Waals surface area contributed by atoms with Crippen LogP contribution in [0.15, 0.2) is 23.8 Å². The van der Waals surface area contributed by atoms with Crippen LogP contribution in [-0.4, -0.2) is 33.6 Å². The number of hydrogen-bond acceptors (Lipinski definition) is 5. The van der Waals surface area contributed by atoms with Crippen LogP contribution in [0.3, 0.4) is 0 Å². The zero-order chi connectivity index (χ0) is 14.7. The number of carbonyl (C=O) groups excluding carboxylic acids is 1. The summed E-state index contributed by atoms with van der Waals surface area (Å²) in [5.74, 6) is -0.677. The summed E-state index contributed by atoms with van der Waals surface area (Å²) in [6, 6.07) is 0. The predicted octanol–water partition coefficient (Wildman–Crippen LogP) is 1.82. The monoisotopic (exact) mass is 280 g/mol. The van der Waals surface area contributed by atoms with Crippen LogP contribution < -0.4 is 0 Å². The predicted molar refractivity (Wildman–Crippen MR) is 70.7 cm³/mol. The lowest BCUT2D eigenvalue weighted by Gasteiger charge is -2.34. The molecule has 0 unspecified atom stereocenters. The Morgan fingerprint density at radius 1 is 1.50 bits per heavy atom. The first-order chi connectivity index (χ1) is 9.28. The van der Waals surface area contributed by atoms with Gasteiger partial charge in [0.05, 0.1) is 5.60 Å². The number of carbonyl (C=O) groups is 1. The minimum atomic E-state index is -0.935. The van der Waals surface area contributed by atoms with Gasteiger partial charge in [-0.05, 0) is 32.3 Å². The van der Waals surface area contributed by atoms with Gasteiger partial charge in [0, 0.05) is 23.8 Å². The van der Waals surface area contributed by atoms with E-state index in [-0.39, 0.29) is 23.9 Å². The molecule has 3 rings (SSSR count). The van der Waals surface area contributed by atoms with Gasteiger partial charge < -0.3 is 9.84 Å². The number of fused-ring (bicyclic) bond motifs is 2. The molecule has 0 aromatic heterocycles. The molecule has 2 N–H and O–H groups in total. The summed E-state index contributed by atoms with van der Waals surface area (Å²) in [4.78, 5) is 16.4. The summed E-state index contributed by atoms with van der Waals surface area (Å²) in [5, 5.41) is 19.9. The summed E-state index contributed by atoms with van der Waals surface area (Å²) < 4.78 is 5.35. The van der Waals surface area contributed by atoms with Crippen LogP contribution in [0.1, 0.15) is 33.1 Å². The van der Waals surface area contributed by atoms with Crippen molar-refractivity contribution in [2.24, 2.45) is 11.8 Å². The number of aliphatic hydroxyl groups is 1. The van der Waals surface area contributed by atoms with Gasteiger partial charge >= 0.3 is 5.97 Å². The van der Waals surface area contributed by atoms with Gasteiger partial charge in [-0.25, -0.2) is 9.68 Å². The minimum absolute atomic E-state index is 0.127. The SMILES string of the molecule is C=C1C(=O)O[C@@H]2C[C@](C)(OO)C3=CC[C@@](C)(O)[C@H]3C[C@H]12. The molecule has 0 spiro atoms. The van der Waals surface area contributed by atoms with Crippen molar-refractivity contribution < 1.29 is 24.8 Å². The van der Waals surface area contributed by atoms with Gasteiger partial charge in [-0.2, -0.15) is 0 Å². The van der Waals surface area contributed by atoms with E-state index in [1.54, 1.807) is 13.8 Å². The summed E-state index contributed by atoms with van der Waals surface area (Å²) in [6.07, 6.45) is 3.07. The average Bonchev–Trinajstić information content (AvgIpc) is 2.76. The first-order valence-electron chi connectivity index (χ1n) is 6.94. The molecule has 110 valence electrons. The van der Waals surface area contributed by atoms with E-state index in [4.69, 9.17) is 9.62 Å². The molecule has 5 heteroatoms. The van der Waals surface area contributed by atoms with Crippen LogP contribution in [0.4, 0.5) is 0 Å². The van der Waals surface area contributed by atoms with Gasteiger partial charge in [-0.1, -0.05) is 12.7 Å². The molecule has 1 heterocycles. The smallest absolute Gasteiger partial charge is 0.334 e. The molecule has 1 saturated carbocycles. The van der Waals surface area contributed by atoms with Crippen molar-refractivity contribution in [1.82, 2.24) is 0 Å². The number of ether oxygens (including phenoxy) is 1. The highest BCUT2D eigenvalue weighted by molar-refractivity contribution is 5.90. The summed E-state index contributed by atoms with van der Waals surface area (Å²) in [5.41, 5.74) is -0.478. The molecule has 1 aliphatic heterocycles. The first kappa shape index (κ1) is 13.8. The van der Waals surface area contributed by atoms with E-state index in [9.17, 15) is 15.2 Å². The number of esters is 1. The highest BCUT2D eigenvalue weighted by Gasteiger charge is 2.55. The van der Waals surface area contributed by atoms with Crippen molar-refractivity contribution in [2.45, 2.75) is 50.4 Å². The Kier molecular flexibility index (Phi) is 2.87. The second kappa shape index (κ2) is 4.16. The molecule has 3 aliphatic rings. The largest absolute Gasteiger partial charge is 0.458 e. The molecule has 0 radical (unpaired) electrons. The standard InChI is InChI=1S/C15H20O5/c1-8-9-6-11-10(4-5-14(11,2)17)15(3,20-18)7-12(9)19-13(8)16/h4,9,11-12,17-18H,1,5-7H2,2-3H3/t9-,11+,12-,14-,15+/m1/s1. The second-order valence-corrected chi connectivity index (χ2v) is 6.61. The maximum atomic E-state index is 11.7. The molecule has 20 heavy (non-hydrogen) atoms. The molecule has 5 nitrogen and oxygen atoms in total. The van der Waals surface area contributed by atoms with Crippen molar-refractivity contribution in [2.75, 3.05) is 0 Å². The summed E-state index contributed by atoms with van der Waals surface area (Å²) in [7, 11) is 0. The molecule has 1 saturated heterocycles. The Morgan fingerprint density at radius 2 is 2.20 bits per heavy atom. The van der Waals surface area contributed by atoms with Gasteiger partial charge in [0.2, 0.25) is 0 Å². The molecule has 0 aromatic rings. The van der Waals surface area contributed by atoms with E-state index >= 15 is 0 Å². The lowest BCUT2D eigenvalue weighted by Crippen LogP contribution is -2.39. The molecule has 2 aliphatic carbocycles. The second-order valence-electron chi connectivity index (χ2n) is 6.61. The fraction of sp³-hybridized carbons (Fsp3) is 0.667. The van der Waals surface area contributed by atoms with Crippen LogP contribution in [-0.2, 0) is 14.4 Å². The van der Waals surface area contributed by atoms with Crippen molar-refractivity contribution in [3.05, 3.63) is 23.8 Å². The molecule has 0 bridgehead atoms. The lowest BCUT2D eigenvalue weighted by molar-refractivity contribution is -0.312. The highest BCUT2D eigenvalue weighted by atomic mass is 17.1. The van der Waals surface area contributed by atoms with Gasteiger partial charge in [0.25, 0.3) is 0 Å². The minimum Gasteiger partial charge on any atom is -0.458 e. The van der Waals surface area contributed by atoms with Crippen molar-refractivity contribution in [1.29, 1.82) is 0 Å². The van der Waals surface area contributed by atoms with Gasteiger partial charge in [-0.3, -0.25) is 5.26 Å². The maximum Gasteiger partial charge on any atom is 0.334 e. The van der Waals surface area contributed by atoms with Crippen LogP contribution >= 0.6 is 0 Å². The molecule has 2 fully saturated rings. The Bertz CT molecular complexity index is 506. The molecule has 0 aromatic carbocycles. The van der Waals surface area contributed by atoms with E-state index in [2.05, 4.69) is 6.58 Å². The van der Waals surface area contributed by atoms with Crippen LogP contribution in [0, 0.1) is 11.8 Å². The molecule has 0 amide bonds. The van der Waals surface area contributed by atoms with Crippen molar-refractivity contribution >= 4 is 5.97 Å². The van der Waals surface area contributed by atoms with E-state index < -0.39 is 11.2 Å². The summed E-state index contributed by atoms with van der Waals surface area (Å²) in [6.45, 7) is 7.36. The number of rotatable bonds is 1. The Hall–Kier alpha value is -1.17. The third-order valence-corrected chi connectivity index (χ3v) is 5.17. The quantitative estimate of drug-likeness (QED) is 0.252. The van der Waals surface area contributed by atoms with Crippen molar-refractivity contribution in [3.8, 4) is 0 Å². The normalized spacial score (nSPS) is 47.4. The fourth-order valence-electron chi connectivity index (χ4n) is 3.90. The first-order valence-corrected chi connectivity index (χ1v) is 6.94. The van der Waals surface area contributed by atoms with Gasteiger partial charge in [0.1, 0.15) is 11.7 Å². The van der Waals surface area contributed by atoms with Gasteiger partial charge in [0.15, 0.2) is 0 Å². The molecule has 5 atom stereocenters. The van der Waals surface area contributed by atoms with E-state index in [0.29, 0.717) is 24.8 Å². The zero-order valence-corrected chi connectivity index (χ0v) is 11.8. The van der Waals surface area contributed by atoms with Gasteiger partial charge in [-0.15, -0.1) is 0 Å². The third kappa shape index (κ3) is 1.77. The average molecular weight is 280 g/mol. The van der Waals surface area contributed by atoms with Crippen LogP contribution in [0.2, 0.25) is 0 Å². The maximum absolute atomic E-state index is 11.7. The third-order valence-electron chi connectivity index (χ3n) is 5.17. The highest BCUT2D eigenvalue weighted by Crippen LogP contribution is 2.52. The topological polar surface area (TPSA) is 76.0 Å². The Morgan fingerprint density at radius 3 is 2.85 bits per heavy atom.